The fourth-order valence-corrected chi connectivity index (χ4v) is 16.8. The molecule has 6 saturated heterocycles. The van der Waals surface area contributed by atoms with Crippen LogP contribution in [0.4, 0.5) is 11.4 Å². The molecule has 9 nitrogen and oxygen atoms in total. The maximum Gasteiger partial charge on any atom is 0.335 e. The predicted octanol–water partition coefficient (Wildman–Crippen LogP) is 4.82. The molecule has 0 unspecified atom stereocenters. The zero-order chi connectivity index (χ0) is 33.7. The third kappa shape index (κ3) is 2.82. The third-order valence-corrected chi connectivity index (χ3v) is 17.5. The van der Waals surface area contributed by atoms with Gasteiger partial charge in [0.2, 0.25) is 0 Å². The van der Waals surface area contributed by atoms with Crippen molar-refractivity contribution in [2.45, 2.75) is 98.1 Å². The summed E-state index contributed by atoms with van der Waals surface area (Å²) >= 11 is 0. The molecular weight excluding hydrogens is 640 g/mol. The van der Waals surface area contributed by atoms with Crippen molar-refractivity contribution >= 4 is 17.3 Å². The van der Waals surface area contributed by atoms with Gasteiger partial charge in [-0.1, -0.05) is 30.3 Å². The Bertz CT molecular complexity index is 1980. The van der Waals surface area contributed by atoms with Crippen LogP contribution in [0.1, 0.15) is 62.5 Å². The smallest absolute Gasteiger partial charge is 0.335 e. The summed E-state index contributed by atoms with van der Waals surface area (Å²) in [6, 6.07) is 16.8. The third-order valence-electron chi connectivity index (χ3n) is 17.5. The number of nitrogens with zero attached hydrogens (tertiary/aromatic N) is 2. The second kappa shape index (κ2) is 9.15. The molecule has 2 saturated carbocycles. The van der Waals surface area contributed by atoms with Crippen LogP contribution < -0.4 is 15.4 Å². The van der Waals surface area contributed by atoms with Crippen LogP contribution in [0.15, 0.2) is 53.7 Å². The Balaban J connectivity index is 1.08. The molecule has 0 amide bonds. The maximum absolute atomic E-state index is 13.9. The summed E-state index contributed by atoms with van der Waals surface area (Å²) in [4.78, 5) is 19.8. The number of carbonyl (C=O) groups is 1. The lowest BCUT2D eigenvalue weighted by atomic mass is 9.44. The lowest BCUT2D eigenvalue weighted by Gasteiger charge is -2.67. The molecule has 8 fully saturated rings. The summed E-state index contributed by atoms with van der Waals surface area (Å²) in [5.41, 5.74) is 6.70. The van der Waals surface area contributed by atoms with Crippen molar-refractivity contribution in [2.75, 3.05) is 57.7 Å². The molecule has 11 aliphatic rings. The lowest BCUT2D eigenvalue weighted by molar-refractivity contribution is -0.152. The number of carbonyl (C=O) groups excluding carboxylic acids is 1. The highest BCUT2D eigenvalue weighted by Gasteiger charge is 2.85. The fraction of sp³-hybridized carbons (Fsp3) is 0.643. The van der Waals surface area contributed by atoms with Crippen molar-refractivity contribution in [3.8, 4) is 5.75 Å². The number of esters is 1. The first-order chi connectivity index (χ1) is 25.0. The summed E-state index contributed by atoms with van der Waals surface area (Å²) in [6.45, 7) is 4.93. The van der Waals surface area contributed by atoms with E-state index >= 15 is 0 Å². The van der Waals surface area contributed by atoms with Gasteiger partial charge >= 0.3 is 5.97 Å². The average Bonchev–Trinajstić information content (AvgIpc) is 4.01. The van der Waals surface area contributed by atoms with Gasteiger partial charge in [0.25, 0.3) is 0 Å². The Kier molecular flexibility index (Phi) is 5.27. The van der Waals surface area contributed by atoms with Gasteiger partial charge in [-0.2, -0.15) is 0 Å². The summed E-state index contributed by atoms with van der Waals surface area (Å²) in [7, 11) is 3.40. The van der Waals surface area contributed by atoms with Gasteiger partial charge in [0.1, 0.15) is 5.75 Å². The predicted molar refractivity (Wildman–Crippen MR) is 190 cm³/mol. The minimum atomic E-state index is -0.298. The zero-order valence-corrected chi connectivity index (χ0v) is 29.7. The van der Waals surface area contributed by atoms with Crippen molar-refractivity contribution in [1.29, 1.82) is 0 Å². The van der Waals surface area contributed by atoms with E-state index in [1.165, 1.54) is 36.1 Å². The molecule has 8 aliphatic heterocycles. The number of nitrogens with one attached hydrogen (secondary N) is 2. The lowest BCUT2D eigenvalue weighted by Crippen LogP contribution is -2.80. The van der Waals surface area contributed by atoms with Crippen LogP contribution in [0.25, 0.3) is 0 Å². The highest BCUT2D eigenvalue weighted by molar-refractivity contribution is 5.93. The van der Waals surface area contributed by atoms with Crippen molar-refractivity contribution in [1.82, 2.24) is 9.80 Å². The normalized spacial score (nSPS) is 48.5. The second-order valence-corrected chi connectivity index (χ2v) is 18.2. The molecule has 8 heterocycles. The standard InChI is InChI=1S/C42H48N4O5/c1-48-29-9-5-7-27-31(29)44-42-23(21-38-13-18-50-30(38)10-15-45-16-12-41(27,42)37(38)45)20-24-33(42)46-17-11-40-26-6-3-4-8-28(26)43-32(40)25(35(47)49-2)22-39(36(40)46)14-19-51-34(24)39/h3-9,23-24,30,33-34,36-37,43-44H,10-22H2,1-2H3/t23-,24+,30-,33+,34+,36+,37+,38-,39-,40+,41-,42-/m1/s1. The van der Waals surface area contributed by atoms with Gasteiger partial charge in [-0.15, -0.1) is 0 Å². The van der Waals surface area contributed by atoms with E-state index in [0.717, 1.165) is 81.2 Å². The SMILES string of the molecule is COC(=O)C1=C2Nc3ccccc3[C@@]23CCN2[C@H]4[C@H](C[C@@H]5C[C@]67CCO[C@@H]6CCN6CC[C@@]8(c9cccc(OC)c9N[C@]548)[C@@H]67)[C@@H]4OCC[C@]4(C1)[C@H]23. The van der Waals surface area contributed by atoms with Crippen molar-refractivity contribution in [2.24, 2.45) is 22.7 Å². The number of anilines is 2. The first-order valence-corrected chi connectivity index (χ1v) is 19.9. The minimum absolute atomic E-state index is 0.0592. The van der Waals surface area contributed by atoms with Crippen LogP contribution >= 0.6 is 0 Å². The highest BCUT2D eigenvalue weighted by Crippen LogP contribution is 2.79. The van der Waals surface area contributed by atoms with Crippen molar-refractivity contribution < 1.29 is 23.7 Å². The zero-order valence-electron chi connectivity index (χ0n) is 29.7. The van der Waals surface area contributed by atoms with Crippen LogP contribution in [-0.4, -0.2) is 98.7 Å². The van der Waals surface area contributed by atoms with Crippen LogP contribution in [0.2, 0.25) is 0 Å². The number of fused-ring (bicyclic) bond motifs is 5. The molecule has 13 rings (SSSR count). The number of piperidine rings is 2. The molecule has 0 aromatic heterocycles. The van der Waals surface area contributed by atoms with Gasteiger partial charge in [-0.05, 0) is 87.1 Å². The van der Waals surface area contributed by atoms with E-state index in [0.29, 0.717) is 36.4 Å². The second-order valence-electron chi connectivity index (χ2n) is 18.2. The van der Waals surface area contributed by atoms with Crippen LogP contribution in [0.3, 0.4) is 0 Å². The first-order valence-electron chi connectivity index (χ1n) is 19.9. The number of benzene rings is 2. The van der Waals surface area contributed by atoms with Crippen LogP contribution in [-0.2, 0) is 29.8 Å². The topological polar surface area (TPSA) is 84.5 Å². The van der Waals surface area contributed by atoms with Gasteiger partial charge < -0.3 is 29.6 Å². The molecule has 266 valence electrons. The molecule has 3 aliphatic carbocycles. The van der Waals surface area contributed by atoms with E-state index in [-0.39, 0.29) is 45.3 Å². The number of para-hydroxylation sites is 2. The summed E-state index contributed by atoms with van der Waals surface area (Å²) in [5, 5.41) is 8.40. The highest BCUT2D eigenvalue weighted by atomic mass is 16.5. The van der Waals surface area contributed by atoms with Crippen LogP contribution in [0.5, 0.6) is 5.75 Å². The molecule has 2 aromatic carbocycles. The molecule has 0 bridgehead atoms. The molecule has 2 N–H and O–H groups in total. The van der Waals surface area contributed by atoms with Gasteiger partial charge in [-0.25, -0.2) is 4.79 Å². The Hall–Kier alpha value is -3.11. The Morgan fingerprint density at radius 3 is 2.69 bits per heavy atom. The van der Waals surface area contributed by atoms with Crippen molar-refractivity contribution in [3.05, 3.63) is 64.9 Å². The number of rotatable bonds is 2. The minimum Gasteiger partial charge on any atom is -0.495 e. The monoisotopic (exact) mass is 688 g/mol. The molecule has 12 atom stereocenters. The Morgan fingerprint density at radius 1 is 0.922 bits per heavy atom. The van der Waals surface area contributed by atoms with E-state index in [9.17, 15) is 4.79 Å². The van der Waals surface area contributed by atoms with Gasteiger partial charge in [0.15, 0.2) is 0 Å². The first kappa shape index (κ1) is 29.4. The van der Waals surface area contributed by atoms with E-state index in [4.69, 9.17) is 18.9 Å². The average molecular weight is 689 g/mol. The molecule has 5 spiro atoms. The van der Waals surface area contributed by atoms with Crippen LogP contribution in [0, 0.1) is 22.7 Å². The van der Waals surface area contributed by atoms with Gasteiger partial charge in [0.05, 0.1) is 48.6 Å². The Morgan fingerprint density at radius 2 is 1.78 bits per heavy atom. The number of ether oxygens (including phenoxy) is 4. The van der Waals surface area contributed by atoms with E-state index in [2.05, 4.69) is 62.9 Å². The maximum atomic E-state index is 13.9. The molecule has 0 radical (unpaired) electrons. The van der Waals surface area contributed by atoms with E-state index < -0.39 is 0 Å². The Labute approximate surface area is 299 Å². The summed E-state index contributed by atoms with van der Waals surface area (Å²) in [5.74, 6) is 1.64. The number of hydrogen-bond acceptors (Lipinski definition) is 9. The molecular formula is C42H48N4O5. The van der Waals surface area contributed by atoms with E-state index in [1.807, 2.05) is 7.11 Å². The van der Waals surface area contributed by atoms with Gasteiger partial charge in [-0.3, -0.25) is 9.80 Å². The molecule has 9 heteroatoms. The quantitative estimate of drug-likeness (QED) is 0.432. The number of methoxy groups -OCH3 is 2. The number of hydrogen-bond donors (Lipinski definition) is 2. The van der Waals surface area contributed by atoms with E-state index in [1.54, 1.807) is 7.11 Å². The van der Waals surface area contributed by atoms with Gasteiger partial charge in [0, 0.05) is 78.0 Å². The largest absolute Gasteiger partial charge is 0.495 e. The summed E-state index contributed by atoms with van der Waals surface area (Å²) < 4.78 is 25.8. The molecule has 2 aromatic rings. The fourth-order valence-electron chi connectivity index (χ4n) is 16.8. The summed E-state index contributed by atoms with van der Waals surface area (Å²) in [6.07, 6.45) is 8.97. The van der Waals surface area contributed by atoms with Crippen molar-refractivity contribution in [3.63, 3.8) is 0 Å². The molecule has 51 heavy (non-hydrogen) atoms.